The third kappa shape index (κ3) is 5.87. The highest BCUT2D eigenvalue weighted by molar-refractivity contribution is 7.99. The quantitative estimate of drug-likeness (QED) is 0.198. The molecule has 0 aliphatic heterocycles. The number of hydrogen-bond donors (Lipinski definition) is 1. The summed E-state index contributed by atoms with van der Waals surface area (Å²) in [7, 11) is 1.61. The van der Waals surface area contributed by atoms with E-state index in [9.17, 15) is 9.18 Å². The number of benzene rings is 3. The summed E-state index contributed by atoms with van der Waals surface area (Å²) < 4.78 is 21.0. The van der Waals surface area contributed by atoms with E-state index in [-0.39, 0.29) is 22.2 Å². The van der Waals surface area contributed by atoms with Crippen LogP contribution in [0.15, 0.2) is 77.0 Å². The number of aryl methyl sites for hydroxylation is 1. The summed E-state index contributed by atoms with van der Waals surface area (Å²) in [6.07, 6.45) is 1.18. The van der Waals surface area contributed by atoms with Crippen molar-refractivity contribution < 1.29 is 13.9 Å². The summed E-state index contributed by atoms with van der Waals surface area (Å²) in [5.41, 5.74) is 5.32. The fraction of sp³-hybridized carbons (Fsp3) is 0.120. The number of carbonyl (C=O) groups is 1. The number of hydrogen-bond acceptors (Lipinski definition) is 6. The number of thioether (sulfide) groups is 1. The molecular formula is C25H21ClFN5O2S. The van der Waals surface area contributed by atoms with Crippen LogP contribution >= 0.6 is 23.4 Å². The molecule has 0 unspecified atom stereocenters. The number of methoxy groups -OCH3 is 1. The van der Waals surface area contributed by atoms with Crippen LogP contribution in [-0.2, 0) is 4.79 Å². The molecule has 0 radical (unpaired) electrons. The van der Waals surface area contributed by atoms with E-state index in [0.717, 1.165) is 22.6 Å². The molecule has 0 aliphatic rings. The standard InChI is InChI=1S/C25H21ClFN5O2S/c1-16-6-10-18(11-7-16)32-24(17-8-12-19(34-2)13-9-17)30-31-25(32)35-15-23(33)29-28-14-20-21(26)4-3-5-22(20)27/h3-14H,15H2,1-2H3,(H,29,33). The molecular weight excluding hydrogens is 489 g/mol. The van der Waals surface area contributed by atoms with Gasteiger partial charge in [-0.15, -0.1) is 10.2 Å². The van der Waals surface area contributed by atoms with Gasteiger partial charge in [0, 0.05) is 16.8 Å². The molecule has 1 amide bonds. The molecule has 0 spiro atoms. The van der Waals surface area contributed by atoms with E-state index in [0.29, 0.717) is 11.0 Å². The molecule has 35 heavy (non-hydrogen) atoms. The van der Waals surface area contributed by atoms with Crippen molar-refractivity contribution in [3.63, 3.8) is 0 Å². The van der Waals surface area contributed by atoms with E-state index >= 15 is 0 Å². The third-order valence-corrected chi connectivity index (χ3v) is 6.25. The lowest BCUT2D eigenvalue weighted by Gasteiger charge is -2.11. The van der Waals surface area contributed by atoms with Gasteiger partial charge in [0.2, 0.25) is 0 Å². The first-order chi connectivity index (χ1) is 17.0. The molecule has 0 atom stereocenters. The van der Waals surface area contributed by atoms with Crippen molar-refractivity contribution in [3.05, 3.63) is 88.7 Å². The molecule has 1 aromatic heterocycles. The van der Waals surface area contributed by atoms with Crippen LogP contribution in [0.2, 0.25) is 5.02 Å². The normalized spacial score (nSPS) is 11.1. The van der Waals surface area contributed by atoms with Crippen molar-refractivity contribution in [1.82, 2.24) is 20.2 Å². The SMILES string of the molecule is COc1ccc(-c2nnc(SCC(=O)NN=Cc3c(F)cccc3Cl)n2-c2ccc(C)cc2)cc1. The fourth-order valence-electron chi connectivity index (χ4n) is 3.18. The van der Waals surface area contributed by atoms with Crippen LogP contribution in [0.4, 0.5) is 4.39 Å². The van der Waals surface area contributed by atoms with Crippen molar-refractivity contribution in [2.45, 2.75) is 12.1 Å². The van der Waals surface area contributed by atoms with E-state index in [2.05, 4.69) is 20.7 Å². The Hall–Kier alpha value is -3.69. The van der Waals surface area contributed by atoms with Gasteiger partial charge in [-0.1, -0.05) is 47.1 Å². The first-order valence-corrected chi connectivity index (χ1v) is 11.9. The molecule has 4 aromatic rings. The summed E-state index contributed by atoms with van der Waals surface area (Å²) >= 11 is 7.18. The third-order valence-electron chi connectivity index (χ3n) is 4.99. The highest BCUT2D eigenvalue weighted by Crippen LogP contribution is 2.29. The Morgan fingerprint density at radius 1 is 1.14 bits per heavy atom. The lowest BCUT2D eigenvalue weighted by atomic mass is 10.2. The molecule has 7 nitrogen and oxygen atoms in total. The van der Waals surface area contributed by atoms with Crippen LogP contribution in [0.5, 0.6) is 5.75 Å². The van der Waals surface area contributed by atoms with Gasteiger partial charge in [-0.2, -0.15) is 5.10 Å². The Morgan fingerprint density at radius 3 is 2.57 bits per heavy atom. The Morgan fingerprint density at radius 2 is 1.89 bits per heavy atom. The average Bonchev–Trinajstić information content (AvgIpc) is 3.29. The molecule has 0 saturated carbocycles. The fourth-order valence-corrected chi connectivity index (χ4v) is 4.14. The van der Waals surface area contributed by atoms with Gasteiger partial charge in [0.05, 0.1) is 24.1 Å². The van der Waals surface area contributed by atoms with Crippen molar-refractivity contribution in [2.24, 2.45) is 5.10 Å². The lowest BCUT2D eigenvalue weighted by molar-refractivity contribution is -0.118. The first kappa shape index (κ1) is 24.4. The number of rotatable bonds is 8. The minimum Gasteiger partial charge on any atom is -0.497 e. The molecule has 0 fully saturated rings. The molecule has 1 N–H and O–H groups in total. The number of amides is 1. The predicted molar refractivity (Wildman–Crippen MR) is 136 cm³/mol. The van der Waals surface area contributed by atoms with Gasteiger partial charge in [-0.05, 0) is 55.5 Å². The molecule has 10 heteroatoms. The van der Waals surface area contributed by atoms with Gasteiger partial charge in [0.25, 0.3) is 5.91 Å². The summed E-state index contributed by atoms with van der Waals surface area (Å²) in [6, 6.07) is 19.7. The lowest BCUT2D eigenvalue weighted by Crippen LogP contribution is -2.20. The van der Waals surface area contributed by atoms with Crippen LogP contribution in [0.25, 0.3) is 17.1 Å². The minimum atomic E-state index is -0.526. The zero-order valence-electron chi connectivity index (χ0n) is 18.9. The Balaban J connectivity index is 1.53. The maximum atomic E-state index is 13.8. The molecule has 0 aliphatic carbocycles. The summed E-state index contributed by atoms with van der Waals surface area (Å²) in [5, 5.41) is 13.2. The number of hydrazone groups is 1. The predicted octanol–water partition coefficient (Wildman–Crippen LogP) is 5.29. The van der Waals surface area contributed by atoms with Gasteiger partial charge < -0.3 is 4.74 Å². The second kappa shape index (κ2) is 11.2. The van der Waals surface area contributed by atoms with Crippen LogP contribution < -0.4 is 10.2 Å². The number of carbonyl (C=O) groups excluding carboxylic acids is 1. The van der Waals surface area contributed by atoms with Gasteiger partial charge in [-0.25, -0.2) is 9.82 Å². The topological polar surface area (TPSA) is 81.4 Å². The molecule has 0 saturated heterocycles. The van der Waals surface area contributed by atoms with E-state index in [1.165, 1.54) is 30.1 Å². The molecule has 3 aromatic carbocycles. The van der Waals surface area contributed by atoms with Gasteiger partial charge >= 0.3 is 0 Å². The van der Waals surface area contributed by atoms with Crippen molar-refractivity contribution in [2.75, 3.05) is 12.9 Å². The number of ether oxygens (including phenoxy) is 1. The Kier molecular flexibility index (Phi) is 7.79. The van der Waals surface area contributed by atoms with Crippen LogP contribution in [-0.4, -0.2) is 39.7 Å². The zero-order valence-corrected chi connectivity index (χ0v) is 20.5. The summed E-state index contributed by atoms with van der Waals surface area (Å²) in [4.78, 5) is 12.4. The second-order valence-corrected chi connectivity index (χ2v) is 8.77. The van der Waals surface area contributed by atoms with E-state index in [1.807, 2.05) is 60.0 Å². The molecule has 4 rings (SSSR count). The van der Waals surface area contributed by atoms with Crippen molar-refractivity contribution in [3.8, 4) is 22.8 Å². The van der Waals surface area contributed by atoms with Crippen molar-refractivity contribution >= 4 is 35.5 Å². The number of aromatic nitrogens is 3. The summed E-state index contributed by atoms with van der Waals surface area (Å²) in [5.74, 6) is 0.477. The monoisotopic (exact) mass is 509 g/mol. The number of nitrogens with one attached hydrogen (secondary N) is 1. The smallest absolute Gasteiger partial charge is 0.250 e. The van der Waals surface area contributed by atoms with Gasteiger partial charge in [0.15, 0.2) is 11.0 Å². The maximum absolute atomic E-state index is 13.8. The highest BCUT2D eigenvalue weighted by Gasteiger charge is 2.17. The van der Waals surface area contributed by atoms with Crippen LogP contribution in [0.3, 0.4) is 0 Å². The number of nitrogens with zero attached hydrogens (tertiary/aromatic N) is 4. The Labute approximate surface area is 211 Å². The maximum Gasteiger partial charge on any atom is 0.250 e. The largest absolute Gasteiger partial charge is 0.497 e. The zero-order chi connectivity index (χ0) is 24.8. The average molecular weight is 510 g/mol. The van der Waals surface area contributed by atoms with Crippen LogP contribution in [0, 0.1) is 12.7 Å². The second-order valence-electron chi connectivity index (χ2n) is 7.42. The van der Waals surface area contributed by atoms with Crippen LogP contribution in [0.1, 0.15) is 11.1 Å². The van der Waals surface area contributed by atoms with Gasteiger partial charge in [-0.3, -0.25) is 9.36 Å². The van der Waals surface area contributed by atoms with E-state index < -0.39 is 5.82 Å². The Bertz CT molecular complexity index is 1340. The van der Waals surface area contributed by atoms with E-state index in [4.69, 9.17) is 16.3 Å². The van der Waals surface area contributed by atoms with Crippen molar-refractivity contribution in [1.29, 1.82) is 0 Å². The highest BCUT2D eigenvalue weighted by atomic mass is 35.5. The molecule has 178 valence electrons. The summed E-state index contributed by atoms with van der Waals surface area (Å²) in [6.45, 7) is 2.01. The minimum absolute atomic E-state index is 0.0228. The number of halogens is 2. The molecule has 1 heterocycles. The van der Waals surface area contributed by atoms with E-state index in [1.54, 1.807) is 13.2 Å². The van der Waals surface area contributed by atoms with Gasteiger partial charge in [0.1, 0.15) is 11.6 Å². The molecule has 0 bridgehead atoms. The first-order valence-electron chi connectivity index (χ1n) is 10.5.